The van der Waals surface area contributed by atoms with Crippen LogP contribution in [-0.4, -0.2) is 6.18 Å². The molecule has 0 amide bonds. The number of rotatable bonds is 10. The molecule has 0 bridgehead atoms. The molecule has 0 aromatic carbocycles. The minimum absolute atomic E-state index is 0.137. The zero-order valence-electron chi connectivity index (χ0n) is 13.9. The lowest BCUT2D eigenvalue weighted by Crippen LogP contribution is -2.42. The molecule has 0 saturated heterocycles. The summed E-state index contributed by atoms with van der Waals surface area (Å²) in [6.45, 7) is 4.24. The summed E-state index contributed by atoms with van der Waals surface area (Å²) in [7, 11) is 0. The van der Waals surface area contributed by atoms with Crippen LogP contribution in [-0.2, 0) is 0 Å². The normalized spacial score (nSPS) is 19.9. The zero-order chi connectivity index (χ0) is 15.8. The predicted octanol–water partition coefficient (Wildman–Crippen LogP) is 7.28. The molecule has 0 nitrogen and oxygen atoms in total. The molecule has 0 radical (unpaired) electrons. The summed E-state index contributed by atoms with van der Waals surface area (Å²) < 4.78 is 41.2. The third-order valence-corrected chi connectivity index (χ3v) is 5.40. The molecule has 1 saturated carbocycles. The lowest BCUT2D eigenvalue weighted by atomic mass is 9.69. The first-order chi connectivity index (χ1) is 9.98. The second-order valence-corrected chi connectivity index (χ2v) is 6.90. The van der Waals surface area contributed by atoms with Gasteiger partial charge in [-0.2, -0.15) is 13.2 Å². The molecule has 21 heavy (non-hydrogen) atoms. The van der Waals surface area contributed by atoms with Crippen molar-refractivity contribution in [1.29, 1.82) is 0 Å². The van der Waals surface area contributed by atoms with Crippen LogP contribution in [0.4, 0.5) is 13.2 Å². The van der Waals surface area contributed by atoms with Crippen LogP contribution in [0.2, 0.25) is 0 Å². The van der Waals surface area contributed by atoms with E-state index >= 15 is 0 Å². The van der Waals surface area contributed by atoms with Crippen LogP contribution in [0, 0.1) is 11.3 Å². The van der Waals surface area contributed by atoms with Crippen LogP contribution >= 0.6 is 0 Å². The van der Waals surface area contributed by atoms with Crippen molar-refractivity contribution in [2.45, 2.75) is 103 Å². The SMILES string of the molecule is CCCCCCCC(CCCC)C1(C(F)(F)F)CCCC1. The molecule has 0 N–H and O–H groups in total. The van der Waals surface area contributed by atoms with Crippen LogP contribution in [0.15, 0.2) is 0 Å². The summed E-state index contributed by atoms with van der Waals surface area (Å²) in [6.07, 6.45) is 7.41. The van der Waals surface area contributed by atoms with Crippen LogP contribution in [0.1, 0.15) is 97.3 Å². The van der Waals surface area contributed by atoms with Crippen molar-refractivity contribution in [2.75, 3.05) is 0 Å². The smallest absolute Gasteiger partial charge is 0.170 e. The Morgan fingerprint density at radius 3 is 1.86 bits per heavy atom. The van der Waals surface area contributed by atoms with Gasteiger partial charge in [0.05, 0.1) is 5.41 Å². The summed E-state index contributed by atoms with van der Waals surface area (Å²) in [6, 6.07) is 0. The molecule has 3 heteroatoms. The van der Waals surface area contributed by atoms with Crippen LogP contribution in [0.3, 0.4) is 0 Å². The van der Waals surface area contributed by atoms with E-state index in [4.69, 9.17) is 0 Å². The lowest BCUT2D eigenvalue weighted by molar-refractivity contribution is -0.243. The van der Waals surface area contributed by atoms with Crippen LogP contribution < -0.4 is 0 Å². The van der Waals surface area contributed by atoms with Gasteiger partial charge in [-0.25, -0.2) is 0 Å². The summed E-state index contributed by atoms with van der Waals surface area (Å²) in [5.41, 5.74) is -1.35. The Hall–Kier alpha value is -0.210. The summed E-state index contributed by atoms with van der Waals surface area (Å²) >= 11 is 0. The highest BCUT2D eigenvalue weighted by Gasteiger charge is 2.59. The molecular weight excluding hydrogens is 273 g/mol. The largest absolute Gasteiger partial charge is 0.394 e. The Morgan fingerprint density at radius 1 is 0.810 bits per heavy atom. The van der Waals surface area contributed by atoms with Gasteiger partial charge in [-0.15, -0.1) is 0 Å². The molecule has 1 rings (SSSR count). The standard InChI is InChI=1S/C18H33F3/c1-3-5-7-8-9-13-16(12-6-4-2)17(18(19,20)21)14-10-11-15-17/h16H,3-15H2,1-2H3. The van der Waals surface area contributed by atoms with E-state index in [-0.39, 0.29) is 5.92 Å². The Bertz CT molecular complexity index is 264. The average Bonchev–Trinajstić information content (AvgIpc) is 2.92. The second-order valence-electron chi connectivity index (χ2n) is 6.90. The maximum absolute atomic E-state index is 13.7. The predicted molar refractivity (Wildman–Crippen MR) is 83.3 cm³/mol. The van der Waals surface area contributed by atoms with Crippen LogP contribution in [0.25, 0.3) is 0 Å². The Balaban J connectivity index is 2.65. The molecule has 0 heterocycles. The first kappa shape index (κ1) is 18.8. The van der Waals surface area contributed by atoms with E-state index in [2.05, 4.69) is 13.8 Å². The minimum atomic E-state index is -4.01. The molecule has 0 aromatic rings. The molecule has 1 fully saturated rings. The molecule has 1 aliphatic carbocycles. The molecule has 126 valence electrons. The van der Waals surface area contributed by atoms with Gasteiger partial charge >= 0.3 is 6.18 Å². The fourth-order valence-electron chi connectivity index (χ4n) is 4.07. The highest BCUT2D eigenvalue weighted by Crippen LogP contribution is 2.57. The molecule has 0 aromatic heterocycles. The third kappa shape index (κ3) is 5.17. The van der Waals surface area contributed by atoms with E-state index in [9.17, 15) is 13.2 Å². The van der Waals surface area contributed by atoms with Crippen molar-refractivity contribution in [3.8, 4) is 0 Å². The monoisotopic (exact) mass is 306 g/mol. The summed E-state index contributed by atoms with van der Waals surface area (Å²) in [4.78, 5) is 0. The van der Waals surface area contributed by atoms with E-state index in [1.54, 1.807) is 0 Å². The molecular formula is C18H33F3. The Kier molecular flexibility index (Phi) is 8.12. The summed E-state index contributed by atoms with van der Waals surface area (Å²) in [5, 5.41) is 0. The first-order valence-electron chi connectivity index (χ1n) is 9.04. The van der Waals surface area contributed by atoms with Crippen molar-refractivity contribution in [2.24, 2.45) is 11.3 Å². The highest BCUT2D eigenvalue weighted by atomic mass is 19.4. The second kappa shape index (κ2) is 9.05. The van der Waals surface area contributed by atoms with E-state index < -0.39 is 11.6 Å². The number of hydrogen-bond acceptors (Lipinski definition) is 0. The molecule has 0 aliphatic heterocycles. The van der Waals surface area contributed by atoms with Crippen molar-refractivity contribution in [1.82, 2.24) is 0 Å². The van der Waals surface area contributed by atoms with Gasteiger partial charge in [0, 0.05) is 0 Å². The van der Waals surface area contributed by atoms with Gasteiger partial charge in [-0.3, -0.25) is 0 Å². The van der Waals surface area contributed by atoms with Gasteiger partial charge in [0.15, 0.2) is 0 Å². The van der Waals surface area contributed by atoms with Gasteiger partial charge in [0.25, 0.3) is 0 Å². The average molecular weight is 306 g/mol. The molecule has 0 spiro atoms. The van der Waals surface area contributed by atoms with Gasteiger partial charge < -0.3 is 0 Å². The maximum atomic E-state index is 13.7. The molecule has 1 atom stereocenters. The number of unbranched alkanes of at least 4 members (excludes halogenated alkanes) is 5. The maximum Gasteiger partial charge on any atom is 0.394 e. The minimum Gasteiger partial charge on any atom is -0.170 e. The van der Waals surface area contributed by atoms with Crippen molar-refractivity contribution in [3.05, 3.63) is 0 Å². The van der Waals surface area contributed by atoms with Crippen molar-refractivity contribution >= 4 is 0 Å². The fourth-order valence-corrected chi connectivity index (χ4v) is 4.07. The Morgan fingerprint density at radius 2 is 1.33 bits per heavy atom. The van der Waals surface area contributed by atoms with Gasteiger partial charge in [0.2, 0.25) is 0 Å². The number of hydrogen-bond donors (Lipinski definition) is 0. The fraction of sp³-hybridized carbons (Fsp3) is 1.00. The van der Waals surface area contributed by atoms with E-state index in [0.29, 0.717) is 12.8 Å². The lowest BCUT2D eigenvalue weighted by Gasteiger charge is -2.39. The van der Waals surface area contributed by atoms with Gasteiger partial charge in [-0.1, -0.05) is 71.6 Å². The first-order valence-corrected chi connectivity index (χ1v) is 9.04. The number of halogens is 3. The number of alkyl halides is 3. The van der Waals surface area contributed by atoms with Gasteiger partial charge in [-0.05, 0) is 31.6 Å². The van der Waals surface area contributed by atoms with Crippen molar-refractivity contribution < 1.29 is 13.2 Å². The Labute approximate surface area is 128 Å². The zero-order valence-corrected chi connectivity index (χ0v) is 13.9. The van der Waals surface area contributed by atoms with Crippen LogP contribution in [0.5, 0.6) is 0 Å². The van der Waals surface area contributed by atoms with E-state index in [1.165, 1.54) is 19.3 Å². The molecule has 1 aliphatic rings. The topological polar surface area (TPSA) is 0 Å². The van der Waals surface area contributed by atoms with E-state index in [0.717, 1.165) is 51.4 Å². The summed E-state index contributed by atoms with van der Waals surface area (Å²) in [5.74, 6) is -0.137. The molecule has 1 unspecified atom stereocenters. The van der Waals surface area contributed by atoms with Crippen molar-refractivity contribution in [3.63, 3.8) is 0 Å². The highest BCUT2D eigenvalue weighted by molar-refractivity contribution is 4.96. The quantitative estimate of drug-likeness (QED) is 0.372. The van der Waals surface area contributed by atoms with Gasteiger partial charge in [0.1, 0.15) is 0 Å². The third-order valence-electron chi connectivity index (χ3n) is 5.40. The van der Waals surface area contributed by atoms with E-state index in [1.807, 2.05) is 0 Å².